The van der Waals surface area contributed by atoms with Gasteiger partial charge in [-0.05, 0) is 31.1 Å². The van der Waals surface area contributed by atoms with Gasteiger partial charge in [0.1, 0.15) is 0 Å². The average Bonchev–Trinajstić information content (AvgIpc) is 2.42. The van der Waals surface area contributed by atoms with E-state index >= 15 is 0 Å². The quantitative estimate of drug-likeness (QED) is 0.775. The van der Waals surface area contributed by atoms with Crippen LogP contribution in [0.25, 0.3) is 0 Å². The second-order valence-corrected chi connectivity index (χ2v) is 5.24. The second-order valence-electron chi connectivity index (χ2n) is 5.24. The number of rotatable bonds is 3. The van der Waals surface area contributed by atoms with Gasteiger partial charge in [0, 0.05) is 32.7 Å². The second kappa shape index (κ2) is 6.02. The summed E-state index contributed by atoms with van der Waals surface area (Å²) in [6.07, 6.45) is 1.40. The molecule has 1 amide bonds. The number of aryl methyl sites for hydroxylation is 2. The van der Waals surface area contributed by atoms with Crippen LogP contribution in [0.1, 0.15) is 16.7 Å². The number of benzene rings is 1. The summed E-state index contributed by atoms with van der Waals surface area (Å²) < 4.78 is 0. The molecule has 0 saturated carbocycles. The van der Waals surface area contributed by atoms with Gasteiger partial charge in [0.05, 0.1) is 0 Å². The lowest BCUT2D eigenvalue weighted by molar-refractivity contribution is -0.127. The molecule has 1 heterocycles. The highest BCUT2D eigenvalue weighted by atomic mass is 16.2. The van der Waals surface area contributed by atoms with E-state index in [-0.39, 0.29) is 5.91 Å². The van der Waals surface area contributed by atoms with Gasteiger partial charge < -0.3 is 4.90 Å². The Balaban J connectivity index is 1.92. The molecule has 1 saturated heterocycles. The normalized spacial score (nSPS) is 16.4. The lowest BCUT2D eigenvalue weighted by Crippen LogP contribution is -2.47. The molecule has 0 radical (unpaired) electrons. The molecule has 1 aliphatic heterocycles. The fourth-order valence-corrected chi connectivity index (χ4v) is 2.52. The van der Waals surface area contributed by atoms with Crippen LogP contribution in [0.2, 0.25) is 0 Å². The largest absolute Gasteiger partial charge is 0.337 e. The molecule has 19 heavy (non-hydrogen) atoms. The van der Waals surface area contributed by atoms with Gasteiger partial charge in [-0.15, -0.1) is 0 Å². The van der Waals surface area contributed by atoms with E-state index < -0.39 is 0 Å². The van der Waals surface area contributed by atoms with E-state index in [1.165, 1.54) is 22.8 Å². The molecule has 1 aromatic carbocycles. The summed E-state index contributed by atoms with van der Waals surface area (Å²) in [7, 11) is 0. The van der Waals surface area contributed by atoms with E-state index in [9.17, 15) is 4.79 Å². The molecule has 0 atom stereocenters. The van der Waals surface area contributed by atoms with Crippen molar-refractivity contribution in [2.75, 3.05) is 26.2 Å². The van der Waals surface area contributed by atoms with Crippen LogP contribution in [-0.2, 0) is 11.3 Å². The molecular weight excluding hydrogens is 236 g/mol. The maximum absolute atomic E-state index is 11.5. The first-order chi connectivity index (χ1) is 9.10. The van der Waals surface area contributed by atoms with Crippen molar-refractivity contribution in [1.29, 1.82) is 0 Å². The number of nitrogens with zero attached hydrogens (tertiary/aromatic N) is 2. The van der Waals surface area contributed by atoms with Crippen LogP contribution < -0.4 is 0 Å². The maximum Gasteiger partial charge on any atom is 0.246 e. The van der Waals surface area contributed by atoms with E-state index in [2.05, 4.69) is 43.5 Å². The lowest BCUT2D eigenvalue weighted by Gasteiger charge is -2.34. The summed E-state index contributed by atoms with van der Waals surface area (Å²) in [6.45, 7) is 12.3. The van der Waals surface area contributed by atoms with Crippen LogP contribution in [0.5, 0.6) is 0 Å². The Morgan fingerprint density at radius 3 is 2.53 bits per heavy atom. The summed E-state index contributed by atoms with van der Waals surface area (Å²) >= 11 is 0. The maximum atomic E-state index is 11.5. The molecule has 0 aliphatic carbocycles. The van der Waals surface area contributed by atoms with E-state index in [1.807, 2.05) is 4.90 Å². The number of hydrogen-bond acceptors (Lipinski definition) is 2. The molecule has 1 aromatic rings. The minimum absolute atomic E-state index is 0.0474. The number of piperazine rings is 1. The van der Waals surface area contributed by atoms with Crippen molar-refractivity contribution in [3.8, 4) is 0 Å². The van der Waals surface area contributed by atoms with E-state index in [4.69, 9.17) is 0 Å². The molecule has 1 fully saturated rings. The van der Waals surface area contributed by atoms with Crippen LogP contribution >= 0.6 is 0 Å². The van der Waals surface area contributed by atoms with Gasteiger partial charge in [0.25, 0.3) is 0 Å². The molecule has 0 unspecified atom stereocenters. The van der Waals surface area contributed by atoms with Crippen molar-refractivity contribution >= 4 is 5.91 Å². The Morgan fingerprint density at radius 1 is 1.26 bits per heavy atom. The number of hydrogen-bond donors (Lipinski definition) is 0. The van der Waals surface area contributed by atoms with E-state index in [0.29, 0.717) is 0 Å². The third-order valence-corrected chi connectivity index (χ3v) is 3.75. The van der Waals surface area contributed by atoms with Gasteiger partial charge in [0.2, 0.25) is 5.91 Å². The Hall–Kier alpha value is -1.61. The zero-order valence-corrected chi connectivity index (χ0v) is 11.9. The van der Waals surface area contributed by atoms with Crippen molar-refractivity contribution in [1.82, 2.24) is 9.80 Å². The molecule has 2 rings (SSSR count). The molecule has 3 heteroatoms. The lowest BCUT2D eigenvalue weighted by atomic mass is 10.1. The Morgan fingerprint density at radius 2 is 1.95 bits per heavy atom. The third-order valence-electron chi connectivity index (χ3n) is 3.75. The molecule has 0 spiro atoms. The van der Waals surface area contributed by atoms with Crippen LogP contribution in [0, 0.1) is 13.8 Å². The first-order valence-electron chi connectivity index (χ1n) is 6.80. The van der Waals surface area contributed by atoms with Crippen LogP contribution in [0.4, 0.5) is 0 Å². The van der Waals surface area contributed by atoms with Crippen molar-refractivity contribution in [3.05, 3.63) is 47.5 Å². The summed E-state index contributed by atoms with van der Waals surface area (Å²) in [5.74, 6) is 0.0474. The molecular formula is C16H22N2O. The van der Waals surface area contributed by atoms with Crippen molar-refractivity contribution in [2.45, 2.75) is 20.4 Å². The molecule has 0 bridgehead atoms. The highest BCUT2D eigenvalue weighted by Crippen LogP contribution is 2.14. The van der Waals surface area contributed by atoms with Crippen molar-refractivity contribution in [2.24, 2.45) is 0 Å². The zero-order valence-electron chi connectivity index (χ0n) is 11.9. The van der Waals surface area contributed by atoms with E-state index in [1.54, 1.807) is 0 Å². The van der Waals surface area contributed by atoms with Crippen LogP contribution in [0.3, 0.4) is 0 Å². The van der Waals surface area contributed by atoms with E-state index in [0.717, 1.165) is 32.7 Å². The topological polar surface area (TPSA) is 23.6 Å². The Bertz CT molecular complexity index is 474. The first kappa shape index (κ1) is 13.8. The van der Waals surface area contributed by atoms with Gasteiger partial charge in [-0.25, -0.2) is 0 Å². The summed E-state index contributed by atoms with van der Waals surface area (Å²) in [4.78, 5) is 15.8. The summed E-state index contributed by atoms with van der Waals surface area (Å²) in [5.41, 5.74) is 4.04. The molecule has 0 N–H and O–H groups in total. The predicted octanol–water partition coefficient (Wildman–Crippen LogP) is 2.13. The summed E-state index contributed by atoms with van der Waals surface area (Å²) in [5, 5.41) is 0. The first-order valence-corrected chi connectivity index (χ1v) is 6.80. The molecule has 3 nitrogen and oxygen atoms in total. The SMILES string of the molecule is C=CC(=O)N1CCN(Cc2ccc(C)cc2C)CC1. The predicted molar refractivity (Wildman–Crippen MR) is 78.0 cm³/mol. The van der Waals surface area contributed by atoms with Crippen LogP contribution in [0.15, 0.2) is 30.9 Å². The standard InChI is InChI=1S/C16H22N2O/c1-4-16(19)18-9-7-17(8-10-18)12-15-6-5-13(2)11-14(15)3/h4-6,11H,1,7-10,12H2,2-3H3. The van der Waals surface area contributed by atoms with Gasteiger partial charge >= 0.3 is 0 Å². The number of amides is 1. The minimum atomic E-state index is 0.0474. The van der Waals surface area contributed by atoms with Crippen molar-refractivity contribution in [3.63, 3.8) is 0 Å². The number of carbonyl (C=O) groups excluding carboxylic acids is 1. The molecule has 102 valence electrons. The molecule has 1 aliphatic rings. The van der Waals surface area contributed by atoms with Gasteiger partial charge in [-0.2, -0.15) is 0 Å². The average molecular weight is 258 g/mol. The number of carbonyl (C=O) groups is 1. The fourth-order valence-electron chi connectivity index (χ4n) is 2.52. The van der Waals surface area contributed by atoms with Gasteiger partial charge in [-0.1, -0.05) is 30.3 Å². The smallest absolute Gasteiger partial charge is 0.246 e. The Kier molecular flexibility index (Phi) is 4.38. The highest BCUT2D eigenvalue weighted by Gasteiger charge is 2.19. The monoisotopic (exact) mass is 258 g/mol. The third kappa shape index (κ3) is 3.44. The van der Waals surface area contributed by atoms with Gasteiger partial charge in [0.15, 0.2) is 0 Å². The highest BCUT2D eigenvalue weighted by molar-refractivity contribution is 5.87. The van der Waals surface area contributed by atoms with Crippen LogP contribution in [-0.4, -0.2) is 41.9 Å². The molecule has 0 aromatic heterocycles. The fraction of sp³-hybridized carbons (Fsp3) is 0.438. The zero-order chi connectivity index (χ0) is 13.8. The summed E-state index contributed by atoms with van der Waals surface area (Å²) in [6, 6.07) is 6.61. The van der Waals surface area contributed by atoms with Crippen molar-refractivity contribution < 1.29 is 4.79 Å². The Labute approximate surface area is 115 Å². The van der Waals surface area contributed by atoms with Gasteiger partial charge in [-0.3, -0.25) is 9.69 Å². The minimum Gasteiger partial charge on any atom is -0.337 e.